The molecule has 94 valence electrons. The Labute approximate surface area is 97.8 Å². The van der Waals surface area contributed by atoms with E-state index in [1.54, 1.807) is 0 Å². The van der Waals surface area contributed by atoms with E-state index in [1.165, 1.54) is 0 Å². The van der Waals surface area contributed by atoms with Crippen LogP contribution in [0.2, 0.25) is 0 Å². The highest BCUT2D eigenvalue weighted by atomic mass is 32.2. The molecule has 1 atom stereocenters. The van der Waals surface area contributed by atoms with Crippen molar-refractivity contribution in [2.75, 3.05) is 16.8 Å². The second kappa shape index (κ2) is 4.36. The molecule has 1 aliphatic heterocycles. The van der Waals surface area contributed by atoms with Crippen molar-refractivity contribution in [2.45, 2.75) is 18.9 Å². The predicted molar refractivity (Wildman–Crippen MR) is 58.8 cm³/mol. The molecule has 7 nitrogen and oxygen atoms in total. The maximum atomic E-state index is 11.4. The Morgan fingerprint density at radius 2 is 2.35 bits per heavy atom. The predicted octanol–water partition coefficient (Wildman–Crippen LogP) is 0.362. The summed E-state index contributed by atoms with van der Waals surface area (Å²) in [5.41, 5.74) is -0.203. The molecular formula is C9H12N2O5S. The lowest BCUT2D eigenvalue weighted by Crippen LogP contribution is -2.34. The lowest BCUT2D eigenvalue weighted by molar-refractivity contribution is 0.0690. The van der Waals surface area contributed by atoms with Gasteiger partial charge in [-0.1, -0.05) is 0 Å². The molecule has 0 spiro atoms. The van der Waals surface area contributed by atoms with Crippen LogP contribution in [-0.2, 0) is 9.84 Å². The smallest absolute Gasteiger partial charge is 0.357 e. The average molecular weight is 260 g/mol. The second-order valence-electron chi connectivity index (χ2n) is 3.94. The van der Waals surface area contributed by atoms with Gasteiger partial charge in [0.1, 0.15) is 6.26 Å². The highest BCUT2D eigenvalue weighted by Crippen LogP contribution is 2.17. The van der Waals surface area contributed by atoms with Crippen molar-refractivity contribution in [2.24, 2.45) is 0 Å². The van der Waals surface area contributed by atoms with Gasteiger partial charge in [0.25, 0.3) is 6.01 Å². The minimum atomic E-state index is -3.01. The highest BCUT2D eigenvalue weighted by molar-refractivity contribution is 7.91. The summed E-state index contributed by atoms with van der Waals surface area (Å²) in [7, 11) is -3.01. The van der Waals surface area contributed by atoms with Gasteiger partial charge in [-0.15, -0.1) is 0 Å². The van der Waals surface area contributed by atoms with Gasteiger partial charge in [-0.2, -0.15) is 4.98 Å². The van der Waals surface area contributed by atoms with Gasteiger partial charge in [-0.3, -0.25) is 0 Å². The Morgan fingerprint density at radius 3 is 2.94 bits per heavy atom. The zero-order chi connectivity index (χ0) is 12.5. The summed E-state index contributed by atoms with van der Waals surface area (Å²) in [6.45, 7) is 0. The van der Waals surface area contributed by atoms with Crippen LogP contribution in [0.4, 0.5) is 6.01 Å². The number of carboxylic acid groups (broad SMARTS) is 1. The van der Waals surface area contributed by atoms with Crippen molar-refractivity contribution < 1.29 is 22.7 Å². The number of oxazole rings is 1. The molecule has 1 aliphatic rings. The molecule has 2 N–H and O–H groups in total. The van der Waals surface area contributed by atoms with Gasteiger partial charge in [-0.25, -0.2) is 13.2 Å². The molecule has 8 heteroatoms. The Kier molecular flexibility index (Phi) is 3.05. The number of aromatic carboxylic acids is 1. The summed E-state index contributed by atoms with van der Waals surface area (Å²) < 4.78 is 27.7. The third kappa shape index (κ3) is 2.96. The van der Waals surface area contributed by atoms with Crippen molar-refractivity contribution in [3.63, 3.8) is 0 Å². The standard InChI is InChI=1S/C9H12N2O5S/c12-8(13)7-4-16-9(11-7)10-6-2-1-3-17(14,15)5-6/h4,6H,1-3,5H2,(H,10,11)(H,12,13). The van der Waals surface area contributed by atoms with Crippen LogP contribution in [0.15, 0.2) is 10.7 Å². The second-order valence-corrected chi connectivity index (χ2v) is 6.17. The number of anilines is 1. The van der Waals surface area contributed by atoms with Crippen LogP contribution in [-0.4, -0.2) is 42.0 Å². The molecule has 1 fully saturated rings. The Hall–Kier alpha value is -1.57. The summed E-state index contributed by atoms with van der Waals surface area (Å²) in [6, 6.07) is -0.224. The number of nitrogens with one attached hydrogen (secondary N) is 1. The topological polar surface area (TPSA) is 109 Å². The van der Waals surface area contributed by atoms with Crippen LogP contribution in [0.1, 0.15) is 23.3 Å². The number of hydrogen-bond acceptors (Lipinski definition) is 6. The molecule has 0 aliphatic carbocycles. The molecule has 1 unspecified atom stereocenters. The van der Waals surface area contributed by atoms with Gasteiger partial charge in [0.2, 0.25) is 0 Å². The number of hydrogen-bond donors (Lipinski definition) is 2. The first-order valence-corrected chi connectivity index (χ1v) is 6.94. The van der Waals surface area contributed by atoms with Gasteiger partial charge in [0.05, 0.1) is 11.5 Å². The number of carbonyl (C=O) groups is 1. The van der Waals surface area contributed by atoms with Crippen molar-refractivity contribution in [1.29, 1.82) is 0 Å². The quantitative estimate of drug-likeness (QED) is 0.807. The molecule has 0 saturated carbocycles. The normalized spacial score (nSPS) is 23.2. The summed E-state index contributed by atoms with van der Waals surface area (Å²) in [5.74, 6) is -0.951. The molecule has 0 amide bonds. The molecule has 1 aromatic rings. The van der Waals surface area contributed by atoms with E-state index in [1.807, 2.05) is 0 Å². The molecule has 0 aromatic carbocycles. The first kappa shape index (κ1) is 11.9. The largest absolute Gasteiger partial charge is 0.476 e. The summed E-state index contributed by atoms with van der Waals surface area (Å²) >= 11 is 0. The number of aromatic nitrogens is 1. The fourth-order valence-corrected chi connectivity index (χ4v) is 3.39. The van der Waals surface area contributed by atoms with Crippen LogP contribution in [0.5, 0.6) is 0 Å². The summed E-state index contributed by atoms with van der Waals surface area (Å²) in [5, 5.41) is 11.4. The molecular weight excluding hydrogens is 248 g/mol. The van der Waals surface area contributed by atoms with Crippen molar-refractivity contribution in [1.82, 2.24) is 4.98 Å². The Bertz CT molecular complexity index is 521. The Morgan fingerprint density at radius 1 is 1.59 bits per heavy atom. The van der Waals surface area contributed by atoms with Gasteiger partial charge in [-0.05, 0) is 12.8 Å². The minimum Gasteiger partial charge on any atom is -0.476 e. The molecule has 2 rings (SSSR count). The third-order valence-corrected chi connectivity index (χ3v) is 4.33. The third-order valence-electron chi connectivity index (χ3n) is 2.51. The van der Waals surface area contributed by atoms with Crippen LogP contribution in [0.3, 0.4) is 0 Å². The molecule has 0 radical (unpaired) electrons. The molecule has 1 saturated heterocycles. The van der Waals surface area contributed by atoms with Crippen molar-refractivity contribution >= 4 is 21.8 Å². The SMILES string of the molecule is O=C(O)c1coc(NC2CCCS(=O)(=O)C2)n1. The zero-order valence-electron chi connectivity index (χ0n) is 8.92. The Balaban J connectivity index is 2.03. The summed E-state index contributed by atoms with van der Waals surface area (Å²) in [6.07, 6.45) is 2.30. The number of rotatable bonds is 3. The van der Waals surface area contributed by atoms with Crippen LogP contribution < -0.4 is 5.32 Å². The van der Waals surface area contributed by atoms with Crippen molar-refractivity contribution in [3.8, 4) is 0 Å². The molecule has 2 heterocycles. The monoisotopic (exact) mass is 260 g/mol. The number of carboxylic acids is 1. The minimum absolute atomic E-state index is 0.0256. The van der Waals surface area contributed by atoms with E-state index in [0.29, 0.717) is 12.8 Å². The van der Waals surface area contributed by atoms with Gasteiger partial charge in [0.15, 0.2) is 15.5 Å². The zero-order valence-corrected chi connectivity index (χ0v) is 9.74. The van der Waals surface area contributed by atoms with Crippen LogP contribution >= 0.6 is 0 Å². The number of sulfone groups is 1. The lowest BCUT2D eigenvalue weighted by atomic mass is 10.2. The van der Waals surface area contributed by atoms with E-state index in [4.69, 9.17) is 9.52 Å². The van der Waals surface area contributed by atoms with E-state index >= 15 is 0 Å². The number of nitrogens with zero attached hydrogens (tertiary/aromatic N) is 1. The first-order valence-electron chi connectivity index (χ1n) is 5.12. The molecule has 1 aromatic heterocycles. The van der Waals surface area contributed by atoms with E-state index < -0.39 is 15.8 Å². The van der Waals surface area contributed by atoms with E-state index in [-0.39, 0.29) is 29.3 Å². The maximum absolute atomic E-state index is 11.4. The van der Waals surface area contributed by atoms with Crippen molar-refractivity contribution in [3.05, 3.63) is 12.0 Å². The van der Waals surface area contributed by atoms with Crippen LogP contribution in [0, 0.1) is 0 Å². The van der Waals surface area contributed by atoms with Gasteiger partial charge < -0.3 is 14.8 Å². The van der Waals surface area contributed by atoms with E-state index in [2.05, 4.69) is 10.3 Å². The van der Waals surface area contributed by atoms with E-state index in [0.717, 1.165) is 6.26 Å². The fourth-order valence-electron chi connectivity index (χ4n) is 1.75. The first-order chi connectivity index (χ1) is 7.96. The lowest BCUT2D eigenvalue weighted by Gasteiger charge is -2.21. The maximum Gasteiger partial charge on any atom is 0.357 e. The fraction of sp³-hybridized carbons (Fsp3) is 0.556. The highest BCUT2D eigenvalue weighted by Gasteiger charge is 2.25. The van der Waals surface area contributed by atoms with Crippen LogP contribution in [0.25, 0.3) is 0 Å². The van der Waals surface area contributed by atoms with E-state index in [9.17, 15) is 13.2 Å². The van der Waals surface area contributed by atoms with Gasteiger partial charge >= 0.3 is 5.97 Å². The summed E-state index contributed by atoms with van der Waals surface area (Å²) in [4.78, 5) is 14.2. The average Bonchev–Trinajstić information content (AvgIpc) is 2.64. The molecule has 0 bridgehead atoms. The molecule has 17 heavy (non-hydrogen) atoms. The van der Waals surface area contributed by atoms with Gasteiger partial charge in [0, 0.05) is 6.04 Å².